The third-order valence-electron chi connectivity index (χ3n) is 2.59. The van der Waals surface area contributed by atoms with Crippen molar-refractivity contribution < 1.29 is 14.3 Å². The summed E-state index contributed by atoms with van der Waals surface area (Å²) in [5.41, 5.74) is 0.699. The lowest BCUT2D eigenvalue weighted by Crippen LogP contribution is -2.40. The molecule has 1 aromatic heterocycles. The normalized spacial score (nSPS) is 10.8. The minimum Gasteiger partial charge on any atom is -0.459 e. The minimum atomic E-state index is -0.848. The smallest absolute Gasteiger partial charge is 0.396 e. The molecule has 1 heterocycles. The van der Waals surface area contributed by atoms with Crippen molar-refractivity contribution in [3.05, 3.63) is 30.1 Å². The van der Waals surface area contributed by atoms with Gasteiger partial charge in [0.05, 0.1) is 6.61 Å². The van der Waals surface area contributed by atoms with Crippen LogP contribution in [0.5, 0.6) is 0 Å². The van der Waals surface area contributed by atoms with Gasteiger partial charge in [0.25, 0.3) is 0 Å². The summed E-state index contributed by atoms with van der Waals surface area (Å²) in [5, 5.41) is 2.56. The van der Waals surface area contributed by atoms with Crippen LogP contribution in [0.25, 0.3) is 0 Å². The second kappa shape index (κ2) is 6.14. The number of ether oxygens (including phenoxy) is 1. The SMILES string of the molecule is CCOC(=O)C(=O)NCC(C)(C)c1cccnc1. The maximum atomic E-state index is 11.4. The summed E-state index contributed by atoms with van der Waals surface area (Å²) in [6.07, 6.45) is 3.44. The Morgan fingerprint density at radius 1 is 1.44 bits per heavy atom. The van der Waals surface area contributed by atoms with Crippen molar-refractivity contribution in [2.24, 2.45) is 0 Å². The van der Waals surface area contributed by atoms with E-state index in [2.05, 4.69) is 15.0 Å². The number of pyridine rings is 1. The van der Waals surface area contributed by atoms with E-state index < -0.39 is 11.9 Å². The van der Waals surface area contributed by atoms with Gasteiger partial charge in [0.2, 0.25) is 0 Å². The minimum absolute atomic E-state index is 0.193. The Labute approximate surface area is 107 Å². The largest absolute Gasteiger partial charge is 0.459 e. The molecule has 0 saturated heterocycles. The zero-order valence-corrected chi connectivity index (χ0v) is 10.9. The molecule has 0 aromatic carbocycles. The molecule has 0 unspecified atom stereocenters. The molecular weight excluding hydrogens is 232 g/mol. The van der Waals surface area contributed by atoms with Crippen molar-refractivity contribution in [3.63, 3.8) is 0 Å². The van der Waals surface area contributed by atoms with Crippen molar-refractivity contribution in [2.45, 2.75) is 26.2 Å². The topological polar surface area (TPSA) is 68.3 Å². The zero-order valence-electron chi connectivity index (χ0n) is 10.9. The monoisotopic (exact) mass is 250 g/mol. The quantitative estimate of drug-likeness (QED) is 0.640. The molecule has 0 aliphatic rings. The number of nitrogens with one attached hydrogen (secondary N) is 1. The predicted molar refractivity (Wildman–Crippen MR) is 66.9 cm³/mol. The second-order valence-electron chi connectivity index (χ2n) is 4.53. The predicted octanol–water partition coefficient (Wildman–Crippen LogP) is 1.04. The van der Waals surface area contributed by atoms with Crippen LogP contribution < -0.4 is 5.32 Å². The Hall–Kier alpha value is -1.91. The van der Waals surface area contributed by atoms with Gasteiger partial charge in [-0.1, -0.05) is 19.9 Å². The first-order chi connectivity index (χ1) is 8.47. The maximum absolute atomic E-state index is 11.4. The number of nitrogens with zero attached hydrogens (tertiary/aromatic N) is 1. The Balaban J connectivity index is 2.57. The van der Waals surface area contributed by atoms with Crippen molar-refractivity contribution in [3.8, 4) is 0 Å². The Kier molecular flexibility index (Phi) is 4.83. The number of rotatable bonds is 4. The second-order valence-corrected chi connectivity index (χ2v) is 4.53. The molecular formula is C13H18N2O3. The summed E-state index contributed by atoms with van der Waals surface area (Å²) in [7, 11) is 0. The van der Waals surface area contributed by atoms with Crippen molar-refractivity contribution in [2.75, 3.05) is 13.2 Å². The van der Waals surface area contributed by atoms with Crippen LogP contribution in [0.15, 0.2) is 24.5 Å². The molecule has 0 spiro atoms. The fraction of sp³-hybridized carbons (Fsp3) is 0.462. The first kappa shape index (κ1) is 14.2. The molecule has 1 rings (SSSR count). The van der Waals surface area contributed by atoms with Crippen LogP contribution in [0.2, 0.25) is 0 Å². The Bertz CT molecular complexity index is 416. The molecule has 0 radical (unpaired) electrons. The lowest BCUT2D eigenvalue weighted by atomic mass is 9.86. The number of aromatic nitrogens is 1. The summed E-state index contributed by atoms with van der Waals surface area (Å²) in [6, 6.07) is 3.77. The van der Waals surface area contributed by atoms with Gasteiger partial charge in [0, 0.05) is 24.4 Å². The molecule has 18 heavy (non-hydrogen) atoms. The molecule has 1 amide bonds. The molecule has 0 atom stereocenters. The number of hydrogen-bond acceptors (Lipinski definition) is 4. The molecule has 5 heteroatoms. The summed E-state index contributed by atoms with van der Waals surface area (Å²) >= 11 is 0. The van der Waals surface area contributed by atoms with Crippen LogP contribution in [-0.4, -0.2) is 30.0 Å². The van der Waals surface area contributed by atoms with E-state index in [1.165, 1.54) is 0 Å². The highest BCUT2D eigenvalue weighted by molar-refractivity contribution is 6.32. The van der Waals surface area contributed by atoms with Crippen LogP contribution in [0.3, 0.4) is 0 Å². The van der Waals surface area contributed by atoms with Gasteiger partial charge >= 0.3 is 11.9 Å². The van der Waals surface area contributed by atoms with Crippen LogP contribution in [-0.2, 0) is 19.7 Å². The molecule has 0 bridgehead atoms. The summed E-state index contributed by atoms with van der Waals surface area (Å²) < 4.78 is 4.61. The average Bonchev–Trinajstić information content (AvgIpc) is 2.37. The van der Waals surface area contributed by atoms with Gasteiger partial charge in [0.15, 0.2) is 0 Å². The number of carbonyl (C=O) groups is 2. The van der Waals surface area contributed by atoms with Gasteiger partial charge in [-0.3, -0.25) is 9.78 Å². The van der Waals surface area contributed by atoms with Gasteiger partial charge in [-0.25, -0.2) is 4.79 Å². The van der Waals surface area contributed by atoms with E-state index in [1.54, 1.807) is 19.3 Å². The van der Waals surface area contributed by atoms with Gasteiger partial charge < -0.3 is 10.1 Å². The van der Waals surface area contributed by atoms with E-state index in [0.717, 1.165) is 5.56 Å². The van der Waals surface area contributed by atoms with Gasteiger partial charge in [0.1, 0.15) is 0 Å². The third-order valence-corrected chi connectivity index (χ3v) is 2.59. The number of esters is 1. The Morgan fingerprint density at radius 3 is 2.72 bits per heavy atom. The summed E-state index contributed by atoms with van der Waals surface area (Å²) in [5.74, 6) is -1.56. The first-order valence-electron chi connectivity index (χ1n) is 5.83. The first-order valence-corrected chi connectivity index (χ1v) is 5.83. The summed E-state index contributed by atoms with van der Waals surface area (Å²) in [6.45, 7) is 6.13. The molecule has 0 fully saturated rings. The lowest BCUT2D eigenvalue weighted by Gasteiger charge is -2.24. The highest BCUT2D eigenvalue weighted by Gasteiger charge is 2.23. The maximum Gasteiger partial charge on any atom is 0.396 e. The van der Waals surface area contributed by atoms with Crippen LogP contribution in [0, 0.1) is 0 Å². The van der Waals surface area contributed by atoms with E-state index in [1.807, 2.05) is 26.0 Å². The van der Waals surface area contributed by atoms with E-state index in [0.29, 0.717) is 6.54 Å². The molecule has 0 aliphatic carbocycles. The molecule has 98 valence electrons. The van der Waals surface area contributed by atoms with E-state index in [4.69, 9.17) is 0 Å². The lowest BCUT2D eigenvalue weighted by molar-refractivity contribution is -0.154. The Morgan fingerprint density at radius 2 is 2.17 bits per heavy atom. The van der Waals surface area contributed by atoms with Crippen molar-refractivity contribution in [1.29, 1.82) is 0 Å². The van der Waals surface area contributed by atoms with E-state index in [9.17, 15) is 9.59 Å². The highest BCUT2D eigenvalue weighted by Crippen LogP contribution is 2.20. The number of carbonyl (C=O) groups excluding carboxylic acids is 2. The van der Waals surface area contributed by atoms with Crippen molar-refractivity contribution in [1.82, 2.24) is 10.3 Å². The molecule has 1 N–H and O–H groups in total. The van der Waals surface area contributed by atoms with Crippen LogP contribution in [0.4, 0.5) is 0 Å². The number of hydrogen-bond donors (Lipinski definition) is 1. The van der Waals surface area contributed by atoms with Crippen LogP contribution in [0.1, 0.15) is 26.3 Å². The average molecular weight is 250 g/mol. The van der Waals surface area contributed by atoms with Gasteiger partial charge in [-0.2, -0.15) is 0 Å². The van der Waals surface area contributed by atoms with Gasteiger partial charge in [-0.05, 0) is 18.6 Å². The molecule has 5 nitrogen and oxygen atoms in total. The van der Waals surface area contributed by atoms with E-state index in [-0.39, 0.29) is 12.0 Å². The summed E-state index contributed by atoms with van der Waals surface area (Å²) in [4.78, 5) is 26.6. The standard InChI is InChI=1S/C13H18N2O3/c1-4-18-12(17)11(16)15-9-13(2,3)10-6-5-7-14-8-10/h5-8H,4,9H2,1-3H3,(H,15,16). The molecule has 0 aliphatic heterocycles. The fourth-order valence-electron chi connectivity index (χ4n) is 1.44. The van der Waals surface area contributed by atoms with Gasteiger partial charge in [-0.15, -0.1) is 0 Å². The molecule has 1 aromatic rings. The fourth-order valence-corrected chi connectivity index (χ4v) is 1.44. The third kappa shape index (κ3) is 3.84. The van der Waals surface area contributed by atoms with E-state index >= 15 is 0 Å². The number of amides is 1. The van der Waals surface area contributed by atoms with Crippen molar-refractivity contribution >= 4 is 11.9 Å². The zero-order chi connectivity index (χ0) is 13.6. The van der Waals surface area contributed by atoms with Crippen LogP contribution >= 0.6 is 0 Å². The molecule has 0 saturated carbocycles. The highest BCUT2D eigenvalue weighted by atomic mass is 16.5.